The molecule has 0 saturated carbocycles. The number of aromatic nitrogens is 2. The summed E-state index contributed by atoms with van der Waals surface area (Å²) in [6.07, 6.45) is 5.82. The van der Waals surface area contributed by atoms with Gasteiger partial charge in [-0.25, -0.2) is 4.98 Å². The lowest BCUT2D eigenvalue weighted by atomic mass is 10.1. The first kappa shape index (κ1) is 17.7. The molecule has 2 aromatic rings. The average molecular weight is 380 g/mol. The number of hydrogen-bond acceptors (Lipinski definition) is 3. The van der Waals surface area contributed by atoms with Crippen molar-refractivity contribution < 1.29 is 4.79 Å². The van der Waals surface area contributed by atoms with Gasteiger partial charge in [0.1, 0.15) is 6.54 Å². The van der Waals surface area contributed by atoms with Gasteiger partial charge in [0.25, 0.3) is 5.56 Å². The van der Waals surface area contributed by atoms with E-state index in [0.29, 0.717) is 10.9 Å². The monoisotopic (exact) mass is 379 g/mol. The Labute approximate surface area is 144 Å². The summed E-state index contributed by atoms with van der Waals surface area (Å²) in [6.45, 7) is 4.14. The second-order valence-corrected chi connectivity index (χ2v) is 6.72. The van der Waals surface area contributed by atoms with E-state index in [9.17, 15) is 9.59 Å². The van der Waals surface area contributed by atoms with Crippen LogP contribution in [0.25, 0.3) is 10.9 Å². The Morgan fingerprint density at radius 1 is 1.39 bits per heavy atom. The lowest BCUT2D eigenvalue weighted by molar-refractivity contribution is -0.122. The van der Waals surface area contributed by atoms with Crippen LogP contribution in [0, 0.1) is 0 Å². The quantitative estimate of drug-likeness (QED) is 0.750. The van der Waals surface area contributed by atoms with Crippen molar-refractivity contribution in [2.75, 3.05) is 0 Å². The molecule has 23 heavy (non-hydrogen) atoms. The molecule has 0 aliphatic rings. The molecule has 1 atom stereocenters. The number of amides is 1. The van der Waals surface area contributed by atoms with Gasteiger partial charge in [-0.15, -0.1) is 0 Å². The number of rotatable bonds is 7. The van der Waals surface area contributed by atoms with Gasteiger partial charge in [-0.3, -0.25) is 14.2 Å². The predicted molar refractivity (Wildman–Crippen MR) is 95.4 cm³/mol. The zero-order chi connectivity index (χ0) is 16.8. The van der Waals surface area contributed by atoms with Crippen LogP contribution in [0.2, 0.25) is 0 Å². The minimum absolute atomic E-state index is 0.00754. The van der Waals surface area contributed by atoms with Crippen molar-refractivity contribution in [2.24, 2.45) is 0 Å². The Bertz CT molecular complexity index is 742. The van der Waals surface area contributed by atoms with Gasteiger partial charge in [0.15, 0.2) is 0 Å². The fraction of sp³-hybridized carbons (Fsp3) is 0.471. The van der Waals surface area contributed by atoms with Crippen LogP contribution in [-0.4, -0.2) is 21.5 Å². The first-order valence-corrected chi connectivity index (χ1v) is 8.74. The van der Waals surface area contributed by atoms with Crippen LogP contribution in [0.15, 0.2) is 33.8 Å². The van der Waals surface area contributed by atoms with Gasteiger partial charge in [0, 0.05) is 10.5 Å². The molecule has 124 valence electrons. The zero-order valence-corrected chi connectivity index (χ0v) is 15.1. The lowest BCUT2D eigenvalue weighted by Gasteiger charge is -2.14. The van der Waals surface area contributed by atoms with Crippen LogP contribution in [0.1, 0.15) is 39.5 Å². The van der Waals surface area contributed by atoms with Crippen molar-refractivity contribution >= 4 is 32.7 Å². The summed E-state index contributed by atoms with van der Waals surface area (Å²) in [4.78, 5) is 28.8. The highest BCUT2D eigenvalue weighted by atomic mass is 79.9. The van der Waals surface area contributed by atoms with Crippen LogP contribution >= 0.6 is 15.9 Å². The molecule has 1 amide bonds. The number of halogens is 1. The molecule has 0 aliphatic carbocycles. The van der Waals surface area contributed by atoms with Crippen molar-refractivity contribution in [3.63, 3.8) is 0 Å². The molecule has 1 N–H and O–H groups in total. The third-order valence-electron chi connectivity index (χ3n) is 3.75. The van der Waals surface area contributed by atoms with E-state index < -0.39 is 0 Å². The van der Waals surface area contributed by atoms with Gasteiger partial charge in [0.2, 0.25) is 5.91 Å². The minimum Gasteiger partial charge on any atom is -0.352 e. The van der Waals surface area contributed by atoms with E-state index in [2.05, 4.69) is 33.2 Å². The SMILES string of the molecule is CCCCCC(C)NC(=O)Cn1cnc2ccc(Br)cc2c1=O. The fourth-order valence-corrected chi connectivity index (χ4v) is 2.85. The molecule has 2 rings (SSSR count). The second kappa shape index (κ2) is 8.24. The first-order chi connectivity index (χ1) is 11.0. The maximum absolute atomic E-state index is 12.4. The van der Waals surface area contributed by atoms with Crippen LogP contribution in [0.3, 0.4) is 0 Å². The molecule has 0 bridgehead atoms. The van der Waals surface area contributed by atoms with E-state index in [1.807, 2.05) is 13.0 Å². The van der Waals surface area contributed by atoms with Gasteiger partial charge < -0.3 is 5.32 Å². The van der Waals surface area contributed by atoms with Gasteiger partial charge in [-0.2, -0.15) is 0 Å². The van der Waals surface area contributed by atoms with E-state index in [4.69, 9.17) is 0 Å². The van der Waals surface area contributed by atoms with Gasteiger partial charge in [0.05, 0.1) is 17.2 Å². The molecular weight excluding hydrogens is 358 g/mol. The standard InChI is InChI=1S/C17H22BrN3O2/c1-3-4-5-6-12(2)20-16(22)10-21-11-19-15-8-7-13(18)9-14(15)17(21)23/h7-9,11-12H,3-6,10H2,1-2H3,(H,20,22). The van der Waals surface area contributed by atoms with E-state index >= 15 is 0 Å². The molecule has 1 aromatic heterocycles. The molecular formula is C17H22BrN3O2. The molecule has 1 unspecified atom stereocenters. The molecule has 0 saturated heterocycles. The third-order valence-corrected chi connectivity index (χ3v) is 4.24. The topological polar surface area (TPSA) is 64.0 Å². The fourth-order valence-electron chi connectivity index (χ4n) is 2.49. The zero-order valence-electron chi connectivity index (χ0n) is 13.5. The summed E-state index contributed by atoms with van der Waals surface area (Å²) >= 11 is 3.35. The molecule has 6 heteroatoms. The first-order valence-electron chi connectivity index (χ1n) is 7.95. The molecule has 5 nitrogen and oxygen atoms in total. The summed E-state index contributed by atoms with van der Waals surface area (Å²) in [5.41, 5.74) is 0.424. The van der Waals surface area contributed by atoms with Crippen molar-refractivity contribution in [3.05, 3.63) is 39.4 Å². The minimum atomic E-state index is -0.204. The van der Waals surface area contributed by atoms with Crippen LogP contribution in [-0.2, 0) is 11.3 Å². The number of carbonyl (C=O) groups is 1. The Morgan fingerprint density at radius 2 is 2.17 bits per heavy atom. The van der Waals surface area contributed by atoms with Crippen LogP contribution in [0.4, 0.5) is 0 Å². The summed E-state index contributed by atoms with van der Waals surface area (Å²) in [6, 6.07) is 5.46. The third kappa shape index (κ3) is 4.89. The summed E-state index contributed by atoms with van der Waals surface area (Å²) in [5.74, 6) is -0.160. The number of nitrogens with zero attached hydrogens (tertiary/aromatic N) is 2. The Morgan fingerprint density at radius 3 is 2.91 bits per heavy atom. The molecule has 0 fully saturated rings. The summed E-state index contributed by atoms with van der Waals surface area (Å²) < 4.78 is 2.17. The van der Waals surface area contributed by atoms with E-state index in [1.54, 1.807) is 12.1 Å². The van der Waals surface area contributed by atoms with Crippen molar-refractivity contribution in [1.29, 1.82) is 0 Å². The summed E-state index contributed by atoms with van der Waals surface area (Å²) in [7, 11) is 0. The van der Waals surface area contributed by atoms with Crippen molar-refractivity contribution in [1.82, 2.24) is 14.9 Å². The number of unbranched alkanes of at least 4 members (excludes halogenated alkanes) is 2. The molecule has 0 spiro atoms. The molecule has 1 heterocycles. The van der Waals surface area contributed by atoms with Crippen LogP contribution < -0.4 is 10.9 Å². The van der Waals surface area contributed by atoms with Crippen molar-refractivity contribution in [3.8, 4) is 0 Å². The number of carbonyl (C=O) groups excluding carboxylic acids is 1. The number of nitrogens with one attached hydrogen (secondary N) is 1. The maximum Gasteiger partial charge on any atom is 0.261 e. The Balaban J connectivity index is 2.05. The molecule has 0 aliphatic heterocycles. The highest BCUT2D eigenvalue weighted by molar-refractivity contribution is 9.10. The predicted octanol–water partition coefficient (Wildman–Crippen LogP) is 3.24. The summed E-state index contributed by atoms with van der Waals surface area (Å²) in [5, 5.41) is 3.44. The van der Waals surface area contributed by atoms with E-state index in [-0.39, 0.29) is 24.1 Å². The van der Waals surface area contributed by atoms with Gasteiger partial charge in [-0.05, 0) is 31.5 Å². The lowest BCUT2D eigenvalue weighted by Crippen LogP contribution is -2.37. The Hall–Kier alpha value is -1.69. The van der Waals surface area contributed by atoms with Crippen LogP contribution in [0.5, 0.6) is 0 Å². The van der Waals surface area contributed by atoms with Crippen molar-refractivity contribution in [2.45, 2.75) is 52.1 Å². The number of fused-ring (bicyclic) bond motifs is 1. The van der Waals surface area contributed by atoms with Gasteiger partial charge in [-0.1, -0.05) is 42.1 Å². The smallest absolute Gasteiger partial charge is 0.261 e. The number of hydrogen-bond donors (Lipinski definition) is 1. The van der Waals surface area contributed by atoms with E-state index in [1.165, 1.54) is 17.3 Å². The molecule has 0 radical (unpaired) electrons. The van der Waals surface area contributed by atoms with Gasteiger partial charge >= 0.3 is 0 Å². The largest absolute Gasteiger partial charge is 0.352 e. The number of benzene rings is 1. The maximum atomic E-state index is 12.4. The highest BCUT2D eigenvalue weighted by Crippen LogP contribution is 2.14. The Kier molecular flexibility index (Phi) is 6.33. The van der Waals surface area contributed by atoms with E-state index in [0.717, 1.165) is 23.7 Å². The normalized spacial score (nSPS) is 12.3. The molecule has 1 aromatic carbocycles. The second-order valence-electron chi connectivity index (χ2n) is 5.80. The average Bonchev–Trinajstić information content (AvgIpc) is 2.51. The highest BCUT2D eigenvalue weighted by Gasteiger charge is 2.11.